The van der Waals surface area contributed by atoms with Gasteiger partial charge in [0.1, 0.15) is 5.56 Å². The molecule has 0 spiro atoms. The number of hydrogen-bond acceptors (Lipinski definition) is 4. The van der Waals surface area contributed by atoms with Gasteiger partial charge in [-0.25, -0.2) is 0 Å². The number of aromatic nitrogens is 1. The van der Waals surface area contributed by atoms with E-state index in [4.69, 9.17) is 0 Å². The van der Waals surface area contributed by atoms with Gasteiger partial charge in [-0.1, -0.05) is 6.07 Å². The summed E-state index contributed by atoms with van der Waals surface area (Å²) in [5.74, 6) is -1.29. The quantitative estimate of drug-likeness (QED) is 0.617. The number of pyridine rings is 1. The highest BCUT2D eigenvalue weighted by molar-refractivity contribution is 6.05. The molecule has 8 heteroatoms. The molecule has 1 heterocycles. The van der Waals surface area contributed by atoms with E-state index in [0.717, 1.165) is 30.5 Å². The fourth-order valence-corrected chi connectivity index (χ4v) is 2.97. The third-order valence-electron chi connectivity index (χ3n) is 4.40. The summed E-state index contributed by atoms with van der Waals surface area (Å²) in [7, 11) is 1.48. The molecule has 0 aliphatic heterocycles. The second-order valence-corrected chi connectivity index (χ2v) is 6.26. The molecular formula is C19H20N4O4. The molecule has 3 rings (SSSR count). The molecule has 1 aromatic carbocycles. The van der Waals surface area contributed by atoms with Crippen molar-refractivity contribution >= 4 is 23.4 Å². The number of anilines is 1. The number of benzene rings is 1. The number of hydrogen-bond donors (Lipinski definition) is 4. The average Bonchev–Trinajstić information content (AvgIpc) is 3.12. The number of amides is 3. The molecule has 1 aliphatic rings. The van der Waals surface area contributed by atoms with Crippen LogP contribution in [0.5, 0.6) is 0 Å². The van der Waals surface area contributed by atoms with Crippen molar-refractivity contribution in [1.82, 2.24) is 15.6 Å². The van der Waals surface area contributed by atoms with Crippen molar-refractivity contribution in [3.63, 3.8) is 0 Å². The lowest BCUT2D eigenvalue weighted by molar-refractivity contribution is -0.119. The minimum atomic E-state index is -0.533. The number of nitrogens with one attached hydrogen (secondary N) is 4. The first kappa shape index (κ1) is 18.4. The standard InChI is InChI=1S/C19H20N4O4/c1-20-16(24)10-21-17(25)12-5-2-6-13(8-12)22-18(26)14-9-11-4-3-7-15(11)23-19(14)27/h2,5-6,8-9H,3-4,7,10H2,1H3,(H,20,24)(H,21,25)(H,22,26)(H,23,27). The van der Waals surface area contributed by atoms with Crippen LogP contribution in [0.4, 0.5) is 5.69 Å². The summed E-state index contributed by atoms with van der Waals surface area (Å²) in [4.78, 5) is 50.7. The molecule has 1 aliphatic carbocycles. The van der Waals surface area contributed by atoms with Crippen LogP contribution in [0.3, 0.4) is 0 Å². The second-order valence-electron chi connectivity index (χ2n) is 6.26. The third-order valence-corrected chi connectivity index (χ3v) is 4.40. The number of likely N-dealkylation sites (N-methyl/N-ethyl adjacent to an activating group) is 1. The molecule has 4 N–H and O–H groups in total. The molecule has 0 radical (unpaired) electrons. The highest BCUT2D eigenvalue weighted by Gasteiger charge is 2.18. The Morgan fingerprint density at radius 2 is 1.93 bits per heavy atom. The van der Waals surface area contributed by atoms with Crippen molar-refractivity contribution in [2.75, 3.05) is 18.9 Å². The normalized spacial score (nSPS) is 12.2. The predicted octanol–water partition coefficient (Wildman–Crippen LogP) is 0.592. The average molecular weight is 368 g/mol. The topological polar surface area (TPSA) is 120 Å². The summed E-state index contributed by atoms with van der Waals surface area (Å²) < 4.78 is 0. The fourth-order valence-electron chi connectivity index (χ4n) is 2.97. The Morgan fingerprint density at radius 3 is 2.70 bits per heavy atom. The summed E-state index contributed by atoms with van der Waals surface area (Å²) in [5.41, 5.74) is 2.18. The SMILES string of the molecule is CNC(=O)CNC(=O)c1cccc(NC(=O)c2cc3c([nH]c2=O)CCC3)c1. The molecule has 0 saturated carbocycles. The maximum Gasteiger partial charge on any atom is 0.261 e. The lowest BCUT2D eigenvalue weighted by Gasteiger charge is -2.09. The zero-order valence-corrected chi connectivity index (χ0v) is 14.8. The van der Waals surface area contributed by atoms with Gasteiger partial charge in [0.05, 0.1) is 6.54 Å². The van der Waals surface area contributed by atoms with Gasteiger partial charge in [-0.05, 0) is 49.1 Å². The third kappa shape index (κ3) is 4.22. The van der Waals surface area contributed by atoms with Crippen LogP contribution in [0.15, 0.2) is 35.1 Å². The Balaban J connectivity index is 1.73. The molecule has 0 fully saturated rings. The molecule has 3 amide bonds. The number of rotatable bonds is 5. The molecule has 2 aromatic rings. The largest absolute Gasteiger partial charge is 0.358 e. The van der Waals surface area contributed by atoms with Gasteiger partial charge in [-0.2, -0.15) is 0 Å². The summed E-state index contributed by atoms with van der Waals surface area (Å²) in [5, 5.41) is 7.53. The zero-order valence-electron chi connectivity index (χ0n) is 14.8. The van der Waals surface area contributed by atoms with Crippen LogP contribution in [0.25, 0.3) is 0 Å². The Morgan fingerprint density at radius 1 is 1.11 bits per heavy atom. The molecule has 27 heavy (non-hydrogen) atoms. The summed E-state index contributed by atoms with van der Waals surface area (Å²) in [6.45, 7) is -0.142. The van der Waals surface area contributed by atoms with Gasteiger partial charge in [-0.15, -0.1) is 0 Å². The first-order chi connectivity index (χ1) is 13.0. The van der Waals surface area contributed by atoms with Gasteiger partial charge in [0, 0.05) is 24.0 Å². The van der Waals surface area contributed by atoms with Gasteiger partial charge in [0.25, 0.3) is 17.4 Å². The van der Waals surface area contributed by atoms with Crippen LogP contribution in [-0.2, 0) is 17.6 Å². The van der Waals surface area contributed by atoms with Gasteiger partial charge < -0.3 is 20.9 Å². The minimum absolute atomic E-state index is 0.0464. The van der Waals surface area contributed by atoms with Gasteiger partial charge in [0.15, 0.2) is 0 Å². The van der Waals surface area contributed by atoms with E-state index in [1.807, 2.05) is 0 Å². The molecule has 0 atom stereocenters. The van der Waals surface area contributed by atoms with Crippen molar-refractivity contribution < 1.29 is 14.4 Å². The van der Waals surface area contributed by atoms with Crippen LogP contribution < -0.4 is 21.5 Å². The molecule has 0 unspecified atom stereocenters. The maximum absolute atomic E-state index is 12.5. The fraction of sp³-hybridized carbons (Fsp3) is 0.263. The monoisotopic (exact) mass is 368 g/mol. The predicted molar refractivity (Wildman–Crippen MR) is 99.9 cm³/mol. The first-order valence-electron chi connectivity index (χ1n) is 8.63. The van der Waals surface area contributed by atoms with Crippen molar-refractivity contribution in [3.8, 4) is 0 Å². The number of aryl methyl sites for hydroxylation is 2. The van der Waals surface area contributed by atoms with Crippen LogP contribution in [-0.4, -0.2) is 36.3 Å². The van der Waals surface area contributed by atoms with Gasteiger partial charge >= 0.3 is 0 Å². The first-order valence-corrected chi connectivity index (χ1v) is 8.63. The van der Waals surface area contributed by atoms with E-state index in [1.165, 1.54) is 13.1 Å². The van der Waals surface area contributed by atoms with Gasteiger partial charge in [-0.3, -0.25) is 19.2 Å². The lowest BCUT2D eigenvalue weighted by Crippen LogP contribution is -2.35. The van der Waals surface area contributed by atoms with E-state index in [9.17, 15) is 19.2 Å². The molecule has 0 saturated heterocycles. The molecular weight excluding hydrogens is 348 g/mol. The number of H-pyrrole nitrogens is 1. The summed E-state index contributed by atoms with van der Waals surface area (Å²) in [6, 6.07) is 7.92. The highest BCUT2D eigenvalue weighted by atomic mass is 16.2. The van der Waals surface area contributed by atoms with Crippen LogP contribution in [0.1, 0.15) is 38.4 Å². The highest BCUT2D eigenvalue weighted by Crippen LogP contribution is 2.19. The van der Waals surface area contributed by atoms with Crippen LogP contribution in [0, 0.1) is 0 Å². The van der Waals surface area contributed by atoms with Crippen molar-refractivity contribution in [3.05, 3.63) is 63.1 Å². The van der Waals surface area contributed by atoms with Gasteiger partial charge in [0.2, 0.25) is 5.91 Å². The van der Waals surface area contributed by atoms with Crippen molar-refractivity contribution in [1.29, 1.82) is 0 Å². The number of aromatic amines is 1. The number of fused-ring (bicyclic) bond motifs is 1. The maximum atomic E-state index is 12.5. The van der Waals surface area contributed by atoms with E-state index >= 15 is 0 Å². The van der Waals surface area contributed by atoms with E-state index in [1.54, 1.807) is 24.3 Å². The molecule has 140 valence electrons. The summed E-state index contributed by atoms with van der Waals surface area (Å²) >= 11 is 0. The van der Waals surface area contributed by atoms with Crippen LogP contribution in [0.2, 0.25) is 0 Å². The smallest absolute Gasteiger partial charge is 0.261 e. The number of carbonyl (C=O) groups is 3. The Bertz CT molecular complexity index is 964. The molecule has 1 aromatic heterocycles. The van der Waals surface area contributed by atoms with Crippen molar-refractivity contribution in [2.45, 2.75) is 19.3 Å². The summed E-state index contributed by atoms with van der Waals surface area (Å²) in [6.07, 6.45) is 2.62. The van der Waals surface area contributed by atoms with E-state index < -0.39 is 17.4 Å². The molecule has 0 bridgehead atoms. The van der Waals surface area contributed by atoms with E-state index in [2.05, 4.69) is 20.9 Å². The van der Waals surface area contributed by atoms with Crippen molar-refractivity contribution in [2.24, 2.45) is 0 Å². The Hall–Kier alpha value is -3.42. The molecule has 8 nitrogen and oxygen atoms in total. The van der Waals surface area contributed by atoms with E-state index in [-0.39, 0.29) is 18.0 Å². The van der Waals surface area contributed by atoms with Crippen LogP contribution >= 0.6 is 0 Å². The second kappa shape index (κ2) is 7.86. The van der Waals surface area contributed by atoms with E-state index in [0.29, 0.717) is 11.3 Å². The Kier molecular flexibility index (Phi) is 5.35. The number of carbonyl (C=O) groups excluding carboxylic acids is 3. The zero-order chi connectivity index (χ0) is 19.4. The minimum Gasteiger partial charge on any atom is -0.358 e. The Labute approximate surface area is 155 Å². The lowest BCUT2D eigenvalue weighted by atomic mass is 10.1.